The molecular weight excluding hydrogens is 276 g/mol. The number of nitrogens with zero attached hydrogens (tertiary/aromatic N) is 1. The first-order valence-electron chi connectivity index (χ1n) is 7.11. The lowest BCUT2D eigenvalue weighted by Crippen LogP contribution is -2.52. The van der Waals surface area contributed by atoms with Crippen LogP contribution in [0.15, 0.2) is 0 Å². The second kappa shape index (κ2) is 10.4. The Labute approximate surface area is 126 Å². The summed E-state index contributed by atoms with van der Waals surface area (Å²) in [5.74, 6) is -0.849. The van der Waals surface area contributed by atoms with Gasteiger partial charge in [-0.3, -0.25) is 0 Å². The zero-order chi connectivity index (χ0) is 16.4. The monoisotopic (exact) mass is 304 g/mol. The maximum Gasteiger partial charge on any atom is 0.326 e. The molecule has 0 spiro atoms. The topological polar surface area (TPSA) is 88.1 Å². The minimum absolute atomic E-state index is 0.168. The molecule has 0 saturated carbocycles. The Bertz CT molecular complexity index is 322. The van der Waals surface area contributed by atoms with Gasteiger partial charge < -0.3 is 24.8 Å². The molecule has 1 unspecified atom stereocenters. The minimum atomic E-state index is -1.02. The quantitative estimate of drug-likeness (QED) is 0.633. The molecule has 0 aromatic heterocycles. The summed E-state index contributed by atoms with van der Waals surface area (Å²) in [6, 6.07) is -1.47. The Hall–Kier alpha value is -1.34. The van der Waals surface area contributed by atoms with Crippen molar-refractivity contribution in [3.05, 3.63) is 0 Å². The van der Waals surface area contributed by atoms with Gasteiger partial charge in [-0.15, -0.1) is 0 Å². The van der Waals surface area contributed by atoms with Crippen LogP contribution in [0, 0.1) is 5.92 Å². The molecule has 0 saturated heterocycles. The standard InChI is InChI=1S/C14H28N2O5/c1-10(2)8-12(13(17)18)15-14(19)16(6-7-20-4)11(3)9-21-5/h10-12H,6-9H2,1-5H3,(H,15,19)(H,17,18)/t11?,12-/m1/s1. The van der Waals surface area contributed by atoms with E-state index in [4.69, 9.17) is 9.47 Å². The molecule has 7 nitrogen and oxygen atoms in total. The number of amides is 2. The van der Waals surface area contributed by atoms with E-state index < -0.39 is 18.0 Å². The molecule has 2 amide bonds. The number of hydrogen-bond donors (Lipinski definition) is 2. The molecule has 0 bridgehead atoms. The average Bonchev–Trinajstić information content (AvgIpc) is 2.38. The summed E-state index contributed by atoms with van der Waals surface area (Å²) in [6.07, 6.45) is 0.387. The van der Waals surface area contributed by atoms with Crippen molar-refractivity contribution in [1.29, 1.82) is 0 Å². The molecule has 7 heteroatoms. The number of ether oxygens (including phenoxy) is 2. The Kier molecular flexibility index (Phi) is 9.73. The molecule has 21 heavy (non-hydrogen) atoms. The van der Waals surface area contributed by atoms with Gasteiger partial charge >= 0.3 is 12.0 Å². The van der Waals surface area contributed by atoms with E-state index in [1.165, 1.54) is 4.90 Å². The average molecular weight is 304 g/mol. The third-order valence-electron chi connectivity index (χ3n) is 3.04. The fourth-order valence-electron chi connectivity index (χ4n) is 1.97. The van der Waals surface area contributed by atoms with Gasteiger partial charge in [0.15, 0.2) is 0 Å². The number of nitrogens with one attached hydrogen (secondary N) is 1. The van der Waals surface area contributed by atoms with E-state index in [0.29, 0.717) is 26.2 Å². The van der Waals surface area contributed by atoms with Crippen LogP contribution in [-0.4, -0.2) is 68.1 Å². The summed E-state index contributed by atoms with van der Waals surface area (Å²) < 4.78 is 10.0. The van der Waals surface area contributed by atoms with E-state index in [2.05, 4.69) is 5.32 Å². The Morgan fingerprint density at radius 3 is 2.24 bits per heavy atom. The number of hydrogen-bond acceptors (Lipinski definition) is 4. The van der Waals surface area contributed by atoms with Crippen molar-refractivity contribution in [3.63, 3.8) is 0 Å². The smallest absolute Gasteiger partial charge is 0.326 e. The van der Waals surface area contributed by atoms with E-state index in [-0.39, 0.29) is 12.0 Å². The first kappa shape index (κ1) is 19.7. The van der Waals surface area contributed by atoms with Gasteiger partial charge in [0.25, 0.3) is 0 Å². The third-order valence-corrected chi connectivity index (χ3v) is 3.04. The molecule has 2 atom stereocenters. The van der Waals surface area contributed by atoms with Crippen molar-refractivity contribution in [2.45, 2.75) is 39.3 Å². The lowest BCUT2D eigenvalue weighted by atomic mass is 10.0. The Balaban J connectivity index is 4.79. The second-order valence-electron chi connectivity index (χ2n) is 5.46. The van der Waals surface area contributed by atoms with Crippen molar-refractivity contribution in [1.82, 2.24) is 10.2 Å². The number of carbonyl (C=O) groups excluding carboxylic acids is 1. The molecule has 0 radical (unpaired) electrons. The van der Waals surface area contributed by atoms with Gasteiger partial charge in [-0.1, -0.05) is 13.8 Å². The van der Waals surface area contributed by atoms with Gasteiger partial charge in [0.1, 0.15) is 6.04 Å². The first-order chi connectivity index (χ1) is 9.83. The van der Waals surface area contributed by atoms with Crippen LogP contribution in [-0.2, 0) is 14.3 Å². The van der Waals surface area contributed by atoms with Gasteiger partial charge in [0.05, 0.1) is 19.3 Å². The highest BCUT2D eigenvalue weighted by molar-refractivity contribution is 5.82. The summed E-state index contributed by atoms with van der Waals surface area (Å²) in [5.41, 5.74) is 0. The molecule has 0 fully saturated rings. The van der Waals surface area contributed by atoms with Crippen molar-refractivity contribution >= 4 is 12.0 Å². The SMILES string of the molecule is COCCN(C(=O)N[C@H](CC(C)C)C(=O)O)C(C)COC. The first-order valence-corrected chi connectivity index (χ1v) is 7.11. The maximum absolute atomic E-state index is 12.3. The van der Waals surface area contributed by atoms with Crippen LogP contribution in [0.5, 0.6) is 0 Å². The van der Waals surface area contributed by atoms with Gasteiger partial charge in [0, 0.05) is 20.8 Å². The van der Waals surface area contributed by atoms with E-state index in [1.54, 1.807) is 14.2 Å². The largest absolute Gasteiger partial charge is 0.480 e. The van der Waals surface area contributed by atoms with E-state index in [1.807, 2.05) is 20.8 Å². The van der Waals surface area contributed by atoms with Crippen LogP contribution in [0.1, 0.15) is 27.2 Å². The van der Waals surface area contributed by atoms with E-state index in [9.17, 15) is 14.7 Å². The predicted molar refractivity (Wildman–Crippen MR) is 79.3 cm³/mol. The number of carbonyl (C=O) groups is 2. The summed E-state index contributed by atoms with van der Waals surface area (Å²) >= 11 is 0. The number of rotatable bonds is 10. The number of methoxy groups -OCH3 is 2. The molecule has 124 valence electrons. The molecule has 0 rings (SSSR count). The van der Waals surface area contributed by atoms with E-state index in [0.717, 1.165) is 0 Å². The molecule has 0 aliphatic carbocycles. The van der Waals surface area contributed by atoms with Crippen molar-refractivity contribution in [2.24, 2.45) is 5.92 Å². The summed E-state index contributed by atoms with van der Waals surface area (Å²) in [4.78, 5) is 25.1. The van der Waals surface area contributed by atoms with Crippen molar-refractivity contribution in [2.75, 3.05) is 34.0 Å². The molecule has 0 aromatic carbocycles. The van der Waals surface area contributed by atoms with Crippen LogP contribution in [0.2, 0.25) is 0 Å². The summed E-state index contributed by atoms with van der Waals surface area (Å²) in [7, 11) is 3.11. The number of carboxylic acid groups (broad SMARTS) is 1. The number of urea groups is 1. The maximum atomic E-state index is 12.3. The summed E-state index contributed by atoms with van der Waals surface area (Å²) in [6.45, 7) is 6.80. The molecular formula is C14H28N2O5. The highest BCUT2D eigenvalue weighted by Crippen LogP contribution is 2.07. The Morgan fingerprint density at radius 2 is 1.81 bits per heavy atom. The molecule has 0 aliphatic heterocycles. The van der Waals surface area contributed by atoms with Crippen LogP contribution >= 0.6 is 0 Å². The number of carboxylic acids is 1. The van der Waals surface area contributed by atoms with Crippen LogP contribution in [0.3, 0.4) is 0 Å². The molecule has 2 N–H and O–H groups in total. The van der Waals surface area contributed by atoms with Crippen LogP contribution < -0.4 is 5.32 Å². The lowest BCUT2D eigenvalue weighted by molar-refractivity contribution is -0.139. The van der Waals surface area contributed by atoms with E-state index >= 15 is 0 Å². The highest BCUT2D eigenvalue weighted by atomic mass is 16.5. The fourth-order valence-corrected chi connectivity index (χ4v) is 1.97. The normalized spacial score (nSPS) is 13.8. The van der Waals surface area contributed by atoms with Crippen LogP contribution in [0.4, 0.5) is 4.79 Å². The Morgan fingerprint density at radius 1 is 1.19 bits per heavy atom. The fraction of sp³-hybridized carbons (Fsp3) is 0.857. The lowest BCUT2D eigenvalue weighted by Gasteiger charge is -2.30. The van der Waals surface area contributed by atoms with Gasteiger partial charge in [0.2, 0.25) is 0 Å². The molecule has 0 aromatic rings. The highest BCUT2D eigenvalue weighted by Gasteiger charge is 2.26. The molecule has 0 aliphatic rings. The predicted octanol–water partition coefficient (Wildman–Crippen LogP) is 1.18. The zero-order valence-electron chi connectivity index (χ0n) is 13.6. The van der Waals surface area contributed by atoms with Crippen molar-refractivity contribution < 1.29 is 24.2 Å². The van der Waals surface area contributed by atoms with Gasteiger partial charge in [-0.05, 0) is 19.3 Å². The third kappa shape index (κ3) is 7.87. The second-order valence-corrected chi connectivity index (χ2v) is 5.46. The minimum Gasteiger partial charge on any atom is -0.480 e. The molecule has 0 heterocycles. The number of aliphatic carboxylic acids is 1. The van der Waals surface area contributed by atoms with Crippen molar-refractivity contribution in [3.8, 4) is 0 Å². The van der Waals surface area contributed by atoms with Gasteiger partial charge in [-0.25, -0.2) is 9.59 Å². The van der Waals surface area contributed by atoms with Gasteiger partial charge in [-0.2, -0.15) is 0 Å². The van der Waals surface area contributed by atoms with Crippen LogP contribution in [0.25, 0.3) is 0 Å². The zero-order valence-corrected chi connectivity index (χ0v) is 13.6. The summed E-state index contributed by atoms with van der Waals surface area (Å²) in [5, 5.41) is 11.8.